The Bertz CT molecular complexity index is 751. The number of rotatable bonds is 3. The van der Waals surface area contributed by atoms with Crippen molar-refractivity contribution < 1.29 is 29.0 Å². The molecule has 1 aliphatic heterocycles. The summed E-state index contributed by atoms with van der Waals surface area (Å²) in [7, 11) is 0. The Kier molecular flexibility index (Phi) is 6.45. The number of benzene rings is 1. The fourth-order valence-electron chi connectivity index (χ4n) is 3.09. The summed E-state index contributed by atoms with van der Waals surface area (Å²) in [5, 5.41) is 9.64. The summed E-state index contributed by atoms with van der Waals surface area (Å²) in [6, 6.07) is 7.20. The van der Waals surface area contributed by atoms with Gasteiger partial charge < -0.3 is 19.5 Å². The third kappa shape index (κ3) is 5.85. The van der Waals surface area contributed by atoms with Crippen LogP contribution in [0.3, 0.4) is 0 Å². The summed E-state index contributed by atoms with van der Waals surface area (Å²) in [5.74, 6) is -0.550. The van der Waals surface area contributed by atoms with Crippen molar-refractivity contribution in [2.45, 2.75) is 71.2 Å². The van der Waals surface area contributed by atoms with Crippen molar-refractivity contribution in [1.29, 1.82) is 0 Å². The molecule has 8 nitrogen and oxygen atoms in total. The first-order valence-corrected chi connectivity index (χ1v) is 9.58. The zero-order valence-electron chi connectivity index (χ0n) is 17.8. The SMILES string of the molecule is CC(C)(C)OC(=O)N(C(=O)N1CC(Oc2ccccc2)C[C@H]1C(=O)O)C(C)(C)C. The summed E-state index contributed by atoms with van der Waals surface area (Å²) in [4.78, 5) is 39.9. The number of amides is 3. The van der Waals surface area contributed by atoms with Crippen molar-refractivity contribution in [1.82, 2.24) is 9.80 Å². The predicted molar refractivity (Wildman–Crippen MR) is 107 cm³/mol. The maximum absolute atomic E-state index is 13.3. The molecule has 1 unspecified atom stereocenters. The summed E-state index contributed by atoms with van der Waals surface area (Å²) >= 11 is 0. The third-order valence-electron chi connectivity index (χ3n) is 4.28. The number of aliphatic carboxylic acids is 1. The third-order valence-corrected chi connectivity index (χ3v) is 4.28. The largest absolute Gasteiger partial charge is 0.488 e. The van der Waals surface area contributed by atoms with E-state index in [1.807, 2.05) is 18.2 Å². The fraction of sp³-hybridized carbons (Fsp3) is 0.571. The first-order valence-electron chi connectivity index (χ1n) is 9.58. The number of imide groups is 1. The number of urea groups is 1. The molecule has 1 saturated heterocycles. The molecule has 0 aliphatic carbocycles. The lowest BCUT2D eigenvalue weighted by atomic mass is 10.1. The molecule has 1 fully saturated rings. The Hall–Kier alpha value is -2.77. The van der Waals surface area contributed by atoms with Gasteiger partial charge >= 0.3 is 18.1 Å². The van der Waals surface area contributed by atoms with E-state index in [0.717, 1.165) is 4.90 Å². The summed E-state index contributed by atoms with van der Waals surface area (Å²) in [5.41, 5.74) is -1.70. The smallest absolute Gasteiger partial charge is 0.419 e. The minimum absolute atomic E-state index is 0.0556. The molecule has 0 saturated carbocycles. The van der Waals surface area contributed by atoms with Crippen LogP contribution in [0.15, 0.2) is 30.3 Å². The molecule has 3 amide bonds. The van der Waals surface area contributed by atoms with Crippen molar-refractivity contribution >= 4 is 18.1 Å². The van der Waals surface area contributed by atoms with Crippen LogP contribution in [0, 0.1) is 0 Å². The number of hydrogen-bond donors (Lipinski definition) is 1. The molecule has 1 aromatic rings. The number of ether oxygens (including phenoxy) is 2. The van der Waals surface area contributed by atoms with Crippen molar-refractivity contribution in [3.63, 3.8) is 0 Å². The van der Waals surface area contributed by atoms with E-state index < -0.39 is 41.4 Å². The predicted octanol–water partition coefficient (Wildman–Crippen LogP) is 3.75. The Morgan fingerprint density at radius 2 is 1.66 bits per heavy atom. The highest BCUT2D eigenvalue weighted by atomic mass is 16.6. The van der Waals surface area contributed by atoms with Gasteiger partial charge in [0.1, 0.15) is 23.5 Å². The van der Waals surface area contributed by atoms with Crippen LogP contribution in [0.2, 0.25) is 0 Å². The number of carboxylic acids is 1. The van der Waals surface area contributed by atoms with E-state index in [1.54, 1.807) is 53.7 Å². The Morgan fingerprint density at radius 3 is 2.14 bits per heavy atom. The van der Waals surface area contributed by atoms with E-state index in [0.29, 0.717) is 5.75 Å². The van der Waals surface area contributed by atoms with E-state index in [1.165, 1.54) is 4.90 Å². The average molecular weight is 406 g/mol. The molecule has 2 atom stereocenters. The normalized spacial score (nSPS) is 19.6. The van der Waals surface area contributed by atoms with Gasteiger partial charge in [-0.2, -0.15) is 0 Å². The molecule has 1 N–H and O–H groups in total. The van der Waals surface area contributed by atoms with Crippen LogP contribution in [0.1, 0.15) is 48.0 Å². The highest BCUT2D eigenvalue weighted by molar-refractivity contribution is 5.94. The van der Waals surface area contributed by atoms with Gasteiger partial charge in [0.15, 0.2) is 0 Å². The van der Waals surface area contributed by atoms with Crippen LogP contribution in [0.5, 0.6) is 5.75 Å². The lowest BCUT2D eigenvalue weighted by Crippen LogP contribution is -2.57. The van der Waals surface area contributed by atoms with Crippen LogP contribution in [-0.2, 0) is 9.53 Å². The fourth-order valence-corrected chi connectivity index (χ4v) is 3.09. The molecule has 160 valence electrons. The van der Waals surface area contributed by atoms with Crippen LogP contribution in [-0.4, -0.2) is 62.8 Å². The average Bonchev–Trinajstić information content (AvgIpc) is 2.97. The van der Waals surface area contributed by atoms with E-state index in [9.17, 15) is 19.5 Å². The highest BCUT2D eigenvalue weighted by Gasteiger charge is 2.46. The van der Waals surface area contributed by atoms with Gasteiger partial charge in [0, 0.05) is 12.0 Å². The maximum Gasteiger partial charge on any atom is 0.419 e. The molecule has 0 aromatic heterocycles. The molecule has 0 bridgehead atoms. The van der Waals surface area contributed by atoms with E-state index in [2.05, 4.69) is 0 Å². The molecule has 2 rings (SSSR count). The summed E-state index contributed by atoms with van der Waals surface area (Å²) in [6.07, 6.45) is -1.18. The second kappa shape index (κ2) is 8.31. The number of carbonyl (C=O) groups is 3. The minimum atomic E-state index is -1.14. The first-order chi connectivity index (χ1) is 13.3. The first kappa shape index (κ1) is 22.5. The second-order valence-electron chi connectivity index (χ2n) is 9.06. The van der Waals surface area contributed by atoms with Gasteiger partial charge in [0.05, 0.1) is 6.54 Å². The molecule has 1 heterocycles. The lowest BCUT2D eigenvalue weighted by Gasteiger charge is -2.38. The highest BCUT2D eigenvalue weighted by Crippen LogP contribution is 2.28. The number of hydrogen-bond acceptors (Lipinski definition) is 5. The lowest BCUT2D eigenvalue weighted by molar-refractivity contribution is -0.141. The van der Waals surface area contributed by atoms with Crippen LogP contribution >= 0.6 is 0 Å². The molecule has 1 aromatic carbocycles. The number of carbonyl (C=O) groups excluding carboxylic acids is 2. The molecular weight excluding hydrogens is 376 g/mol. The monoisotopic (exact) mass is 406 g/mol. The van der Waals surface area contributed by atoms with Gasteiger partial charge in [0.25, 0.3) is 0 Å². The quantitative estimate of drug-likeness (QED) is 0.821. The molecule has 8 heteroatoms. The van der Waals surface area contributed by atoms with Crippen LogP contribution in [0.4, 0.5) is 9.59 Å². The van der Waals surface area contributed by atoms with E-state index >= 15 is 0 Å². The van der Waals surface area contributed by atoms with E-state index in [-0.39, 0.29) is 13.0 Å². The van der Waals surface area contributed by atoms with Gasteiger partial charge in [-0.15, -0.1) is 0 Å². The Labute approximate surface area is 171 Å². The maximum atomic E-state index is 13.3. The standard InChI is InChI=1S/C21H30N2O6/c1-20(2,3)23(19(27)29-21(4,5)6)18(26)22-13-15(12-16(22)17(24)25)28-14-10-8-7-9-11-14/h7-11,15-16H,12-13H2,1-6H3,(H,24,25)/t15?,16-/m0/s1. The zero-order valence-corrected chi connectivity index (χ0v) is 17.8. The minimum Gasteiger partial charge on any atom is -0.488 e. The van der Waals surface area contributed by atoms with Crippen molar-refractivity contribution in [2.75, 3.05) is 6.54 Å². The topological polar surface area (TPSA) is 96.4 Å². The number of likely N-dealkylation sites (tertiary alicyclic amines) is 1. The molecule has 0 radical (unpaired) electrons. The summed E-state index contributed by atoms with van der Waals surface area (Å²) in [6.45, 7) is 10.2. The zero-order chi connectivity index (χ0) is 22.0. The van der Waals surface area contributed by atoms with Crippen LogP contribution < -0.4 is 4.74 Å². The Morgan fingerprint density at radius 1 is 1.07 bits per heavy atom. The van der Waals surface area contributed by atoms with Gasteiger partial charge in [-0.3, -0.25) is 0 Å². The van der Waals surface area contributed by atoms with Gasteiger partial charge in [-0.25, -0.2) is 19.3 Å². The van der Waals surface area contributed by atoms with Crippen molar-refractivity contribution in [3.05, 3.63) is 30.3 Å². The van der Waals surface area contributed by atoms with Gasteiger partial charge in [-0.1, -0.05) is 18.2 Å². The Balaban J connectivity index is 2.25. The van der Waals surface area contributed by atoms with Gasteiger partial charge in [-0.05, 0) is 53.7 Å². The number of carboxylic acid groups (broad SMARTS) is 1. The van der Waals surface area contributed by atoms with Crippen molar-refractivity contribution in [2.24, 2.45) is 0 Å². The van der Waals surface area contributed by atoms with Crippen LogP contribution in [0.25, 0.3) is 0 Å². The number of nitrogens with zero attached hydrogens (tertiary/aromatic N) is 2. The molecule has 29 heavy (non-hydrogen) atoms. The number of para-hydroxylation sites is 1. The molecule has 0 spiro atoms. The second-order valence-corrected chi connectivity index (χ2v) is 9.06. The van der Waals surface area contributed by atoms with E-state index in [4.69, 9.17) is 9.47 Å². The molecular formula is C21H30N2O6. The van der Waals surface area contributed by atoms with Gasteiger partial charge in [0.2, 0.25) is 0 Å². The van der Waals surface area contributed by atoms with Crippen molar-refractivity contribution in [3.8, 4) is 5.75 Å². The summed E-state index contributed by atoms with van der Waals surface area (Å²) < 4.78 is 11.2. The molecule has 1 aliphatic rings.